The van der Waals surface area contributed by atoms with Crippen molar-refractivity contribution in [3.63, 3.8) is 0 Å². The molecule has 0 aromatic rings. The summed E-state index contributed by atoms with van der Waals surface area (Å²) in [5.41, 5.74) is -0.500. The molecule has 0 saturated carbocycles. The van der Waals surface area contributed by atoms with Gasteiger partial charge in [0.1, 0.15) is 5.60 Å². The molecule has 1 fully saturated rings. The van der Waals surface area contributed by atoms with E-state index in [1.165, 1.54) is 0 Å². The molecule has 15 heavy (non-hydrogen) atoms. The highest BCUT2D eigenvalue weighted by Crippen LogP contribution is 2.09. The van der Waals surface area contributed by atoms with Gasteiger partial charge in [-0.25, -0.2) is 4.79 Å². The van der Waals surface area contributed by atoms with E-state index in [1.54, 1.807) is 0 Å². The van der Waals surface area contributed by atoms with E-state index in [0.717, 1.165) is 26.1 Å². The normalized spacial score (nSPS) is 23.0. The SMILES string of the molecule is CC(C)(C)OC(=O)OC1CCNCCN1. The lowest BCUT2D eigenvalue weighted by atomic mass is 10.2. The highest BCUT2D eigenvalue weighted by Gasteiger charge is 2.21. The van der Waals surface area contributed by atoms with Crippen LogP contribution >= 0.6 is 0 Å². The summed E-state index contributed by atoms with van der Waals surface area (Å²) in [4.78, 5) is 11.3. The predicted molar refractivity (Wildman–Crippen MR) is 56.6 cm³/mol. The molecule has 1 atom stereocenters. The molecular formula is C10H20N2O3. The molecule has 0 aromatic heterocycles. The molecule has 5 nitrogen and oxygen atoms in total. The number of rotatable bonds is 1. The van der Waals surface area contributed by atoms with Crippen molar-refractivity contribution < 1.29 is 14.3 Å². The molecule has 1 aliphatic rings. The molecular weight excluding hydrogens is 196 g/mol. The van der Waals surface area contributed by atoms with Crippen LogP contribution in [0.15, 0.2) is 0 Å². The number of hydrogen-bond donors (Lipinski definition) is 2. The van der Waals surface area contributed by atoms with Gasteiger partial charge in [0.05, 0.1) is 0 Å². The molecule has 0 radical (unpaired) electrons. The number of carbonyl (C=O) groups excluding carboxylic acids is 1. The molecule has 0 aromatic carbocycles. The summed E-state index contributed by atoms with van der Waals surface area (Å²) in [6.07, 6.45) is -0.0871. The second-order valence-electron chi connectivity index (χ2n) is 4.56. The van der Waals surface area contributed by atoms with E-state index in [-0.39, 0.29) is 6.23 Å². The van der Waals surface area contributed by atoms with Crippen LogP contribution in [0.25, 0.3) is 0 Å². The number of hydrogen-bond acceptors (Lipinski definition) is 5. The zero-order chi connectivity index (χ0) is 11.3. The van der Waals surface area contributed by atoms with Gasteiger partial charge in [0, 0.05) is 26.1 Å². The molecule has 0 bridgehead atoms. The Kier molecular flexibility index (Phi) is 4.35. The summed E-state index contributed by atoms with van der Waals surface area (Å²) < 4.78 is 10.2. The Balaban J connectivity index is 2.30. The standard InChI is InChI=1S/C10H20N2O3/c1-10(2,3)15-9(13)14-8-4-5-11-6-7-12-8/h8,11-12H,4-7H2,1-3H3. The van der Waals surface area contributed by atoms with Crippen LogP contribution in [0.4, 0.5) is 4.79 Å². The fraction of sp³-hybridized carbons (Fsp3) is 0.900. The van der Waals surface area contributed by atoms with Gasteiger partial charge in [-0.15, -0.1) is 0 Å². The van der Waals surface area contributed by atoms with Crippen molar-refractivity contribution in [2.45, 2.75) is 39.0 Å². The molecule has 0 spiro atoms. The van der Waals surface area contributed by atoms with Crippen LogP contribution < -0.4 is 10.6 Å². The van der Waals surface area contributed by atoms with E-state index in [2.05, 4.69) is 10.6 Å². The van der Waals surface area contributed by atoms with Crippen LogP contribution in [0, 0.1) is 0 Å². The lowest BCUT2D eigenvalue weighted by Gasteiger charge is -2.22. The third kappa shape index (κ3) is 5.59. The van der Waals surface area contributed by atoms with Crippen molar-refractivity contribution in [2.24, 2.45) is 0 Å². The van der Waals surface area contributed by atoms with E-state index in [0.29, 0.717) is 0 Å². The molecule has 1 heterocycles. The Hall–Kier alpha value is -0.810. The average molecular weight is 216 g/mol. The minimum atomic E-state index is -0.609. The van der Waals surface area contributed by atoms with Gasteiger partial charge in [0.15, 0.2) is 6.23 Å². The maximum absolute atomic E-state index is 11.3. The smallest absolute Gasteiger partial charge is 0.429 e. The van der Waals surface area contributed by atoms with Gasteiger partial charge >= 0.3 is 6.16 Å². The first kappa shape index (κ1) is 12.3. The van der Waals surface area contributed by atoms with Gasteiger partial charge in [-0.1, -0.05) is 0 Å². The lowest BCUT2D eigenvalue weighted by Crippen LogP contribution is -2.36. The van der Waals surface area contributed by atoms with Crippen molar-refractivity contribution >= 4 is 6.16 Å². The van der Waals surface area contributed by atoms with Crippen LogP contribution in [0.3, 0.4) is 0 Å². The van der Waals surface area contributed by atoms with Gasteiger partial charge in [0.2, 0.25) is 0 Å². The van der Waals surface area contributed by atoms with Crippen LogP contribution in [-0.2, 0) is 9.47 Å². The number of carbonyl (C=O) groups is 1. The van der Waals surface area contributed by atoms with E-state index < -0.39 is 11.8 Å². The largest absolute Gasteiger partial charge is 0.510 e. The van der Waals surface area contributed by atoms with Crippen molar-refractivity contribution in [1.82, 2.24) is 10.6 Å². The lowest BCUT2D eigenvalue weighted by molar-refractivity contribution is -0.0337. The highest BCUT2D eigenvalue weighted by molar-refractivity contribution is 5.60. The van der Waals surface area contributed by atoms with Crippen LogP contribution in [0.1, 0.15) is 27.2 Å². The van der Waals surface area contributed by atoms with Crippen LogP contribution in [0.5, 0.6) is 0 Å². The van der Waals surface area contributed by atoms with E-state index in [1.807, 2.05) is 20.8 Å². The Bertz CT molecular complexity index is 205. The van der Waals surface area contributed by atoms with Gasteiger partial charge in [0.25, 0.3) is 0 Å². The predicted octanol–water partition coefficient (Wildman–Crippen LogP) is 0.847. The second-order valence-corrected chi connectivity index (χ2v) is 4.56. The van der Waals surface area contributed by atoms with Crippen molar-refractivity contribution in [3.05, 3.63) is 0 Å². The molecule has 5 heteroatoms. The average Bonchev–Trinajstić information content (AvgIpc) is 2.28. The Morgan fingerprint density at radius 1 is 1.27 bits per heavy atom. The first-order chi connectivity index (χ1) is 6.97. The second kappa shape index (κ2) is 5.32. The molecule has 1 rings (SSSR count). The Morgan fingerprint density at radius 2 is 2.00 bits per heavy atom. The summed E-state index contributed by atoms with van der Waals surface area (Å²) >= 11 is 0. The molecule has 2 N–H and O–H groups in total. The quantitative estimate of drug-likeness (QED) is 0.636. The fourth-order valence-corrected chi connectivity index (χ4v) is 1.27. The molecule has 0 amide bonds. The maximum Gasteiger partial charge on any atom is 0.510 e. The van der Waals surface area contributed by atoms with Crippen LogP contribution in [-0.4, -0.2) is 37.6 Å². The molecule has 88 valence electrons. The third-order valence-corrected chi connectivity index (χ3v) is 1.89. The molecule has 1 unspecified atom stereocenters. The number of ether oxygens (including phenoxy) is 2. The first-order valence-electron chi connectivity index (χ1n) is 5.31. The molecule has 1 aliphatic heterocycles. The Labute approximate surface area is 90.5 Å². The summed E-state index contributed by atoms with van der Waals surface area (Å²) in [6, 6.07) is 0. The van der Waals surface area contributed by atoms with Crippen molar-refractivity contribution in [3.8, 4) is 0 Å². The van der Waals surface area contributed by atoms with Crippen LogP contribution in [0.2, 0.25) is 0 Å². The van der Waals surface area contributed by atoms with Gasteiger partial charge in [-0.2, -0.15) is 0 Å². The molecule has 1 saturated heterocycles. The van der Waals surface area contributed by atoms with Crippen molar-refractivity contribution in [2.75, 3.05) is 19.6 Å². The summed E-state index contributed by atoms with van der Waals surface area (Å²) in [5, 5.41) is 6.32. The number of nitrogens with one attached hydrogen (secondary N) is 2. The van der Waals surface area contributed by atoms with Gasteiger partial charge in [-0.3, -0.25) is 5.32 Å². The van der Waals surface area contributed by atoms with E-state index in [4.69, 9.17) is 9.47 Å². The summed E-state index contributed by atoms with van der Waals surface area (Å²) in [5.74, 6) is 0. The Morgan fingerprint density at radius 3 is 2.67 bits per heavy atom. The minimum absolute atomic E-state index is 0.241. The van der Waals surface area contributed by atoms with Crippen molar-refractivity contribution in [1.29, 1.82) is 0 Å². The minimum Gasteiger partial charge on any atom is -0.429 e. The highest BCUT2D eigenvalue weighted by atomic mass is 16.7. The third-order valence-electron chi connectivity index (χ3n) is 1.89. The summed E-state index contributed by atoms with van der Waals surface area (Å²) in [7, 11) is 0. The van der Waals surface area contributed by atoms with E-state index in [9.17, 15) is 4.79 Å². The fourth-order valence-electron chi connectivity index (χ4n) is 1.27. The zero-order valence-corrected chi connectivity index (χ0v) is 9.63. The summed E-state index contributed by atoms with van der Waals surface area (Å²) in [6.45, 7) is 7.99. The topological polar surface area (TPSA) is 59.6 Å². The first-order valence-corrected chi connectivity index (χ1v) is 5.31. The maximum atomic E-state index is 11.3. The van der Waals surface area contributed by atoms with E-state index >= 15 is 0 Å². The zero-order valence-electron chi connectivity index (χ0n) is 9.63. The molecule has 0 aliphatic carbocycles. The van der Waals surface area contributed by atoms with Gasteiger partial charge < -0.3 is 14.8 Å². The monoisotopic (exact) mass is 216 g/mol. The van der Waals surface area contributed by atoms with Gasteiger partial charge in [-0.05, 0) is 20.8 Å².